The smallest absolute Gasteiger partial charge is 0.266 e. The van der Waals surface area contributed by atoms with E-state index in [4.69, 9.17) is 4.74 Å². The molecule has 0 bridgehead atoms. The van der Waals surface area contributed by atoms with Gasteiger partial charge in [-0.15, -0.1) is 11.3 Å². The maximum absolute atomic E-state index is 13.2. The molecule has 1 N–H and O–H groups in total. The molecule has 5 nitrogen and oxygen atoms in total. The third kappa shape index (κ3) is 2.86. The Morgan fingerprint density at radius 3 is 2.67 bits per heavy atom. The molecule has 1 atom stereocenters. The van der Waals surface area contributed by atoms with Crippen molar-refractivity contribution < 1.29 is 14.3 Å². The molecule has 2 heterocycles. The van der Waals surface area contributed by atoms with Crippen molar-refractivity contribution in [2.24, 2.45) is 5.92 Å². The summed E-state index contributed by atoms with van der Waals surface area (Å²) in [6, 6.07) is 3.50. The van der Waals surface area contributed by atoms with Crippen molar-refractivity contribution in [1.82, 2.24) is 10.2 Å². The minimum Gasteiger partial charge on any atom is -0.353 e. The predicted molar refractivity (Wildman–Crippen MR) is 91.8 cm³/mol. The van der Waals surface area contributed by atoms with E-state index in [1.165, 1.54) is 11.3 Å². The molecule has 0 aromatic carbocycles. The minimum atomic E-state index is -0.598. The second kappa shape index (κ2) is 6.15. The molecule has 1 aliphatic heterocycles. The molecule has 3 aliphatic rings. The van der Waals surface area contributed by atoms with E-state index in [0.29, 0.717) is 23.4 Å². The van der Waals surface area contributed by atoms with Crippen LogP contribution in [0.25, 0.3) is 0 Å². The number of ether oxygens (including phenoxy) is 1. The summed E-state index contributed by atoms with van der Waals surface area (Å²) in [4.78, 5) is 28.3. The Morgan fingerprint density at radius 1 is 1.29 bits per heavy atom. The van der Waals surface area contributed by atoms with Crippen LogP contribution in [0.1, 0.15) is 55.1 Å². The van der Waals surface area contributed by atoms with Gasteiger partial charge in [0, 0.05) is 6.04 Å². The Hall–Kier alpha value is -1.40. The molecule has 1 saturated heterocycles. The maximum atomic E-state index is 13.2. The van der Waals surface area contributed by atoms with E-state index in [1.54, 1.807) is 4.90 Å². The normalized spacial score (nSPS) is 33.0. The van der Waals surface area contributed by atoms with Gasteiger partial charge in [-0.25, -0.2) is 0 Å². The zero-order valence-corrected chi connectivity index (χ0v) is 14.8. The Bertz CT molecular complexity index is 618. The van der Waals surface area contributed by atoms with E-state index < -0.39 is 11.8 Å². The van der Waals surface area contributed by atoms with Crippen LogP contribution >= 0.6 is 11.3 Å². The van der Waals surface area contributed by atoms with Crippen LogP contribution in [0.4, 0.5) is 0 Å². The fourth-order valence-corrected chi connectivity index (χ4v) is 4.48. The number of thiophene rings is 1. The lowest BCUT2D eigenvalue weighted by atomic mass is 9.83. The third-order valence-corrected chi connectivity index (χ3v) is 6.35. The van der Waals surface area contributed by atoms with Crippen molar-refractivity contribution in [3.8, 4) is 0 Å². The second-order valence-corrected chi connectivity index (χ2v) is 8.34. The molecular formula is C18H24N2O3S. The van der Waals surface area contributed by atoms with E-state index in [9.17, 15) is 9.59 Å². The Morgan fingerprint density at radius 2 is 2.04 bits per heavy atom. The van der Waals surface area contributed by atoms with Crippen molar-refractivity contribution in [2.45, 2.75) is 63.3 Å². The summed E-state index contributed by atoms with van der Waals surface area (Å²) in [5, 5.41) is 4.95. The van der Waals surface area contributed by atoms with E-state index in [1.807, 2.05) is 17.5 Å². The van der Waals surface area contributed by atoms with E-state index >= 15 is 0 Å². The van der Waals surface area contributed by atoms with Crippen LogP contribution in [-0.2, 0) is 9.53 Å². The molecule has 4 rings (SSSR count). The van der Waals surface area contributed by atoms with Gasteiger partial charge in [-0.2, -0.15) is 0 Å². The van der Waals surface area contributed by atoms with Gasteiger partial charge < -0.3 is 10.1 Å². The van der Waals surface area contributed by atoms with Gasteiger partial charge >= 0.3 is 0 Å². The molecule has 3 fully saturated rings. The molecule has 2 amide bonds. The van der Waals surface area contributed by atoms with Crippen molar-refractivity contribution in [3.05, 3.63) is 22.4 Å². The number of carbonyl (C=O) groups is 2. The standard InChI is InChI=1S/C18H24N2O3S/c1-12-6-8-18(9-7-12)20(17(22)15-3-2-10-24-15)14(11-23-18)16(21)19-13-4-5-13/h2-3,10,12-14H,4-9,11H2,1H3,(H,19,21)/t12?,14-,18?/m1/s1. The largest absolute Gasteiger partial charge is 0.353 e. The lowest BCUT2D eigenvalue weighted by molar-refractivity contribution is -0.128. The molecule has 1 aromatic heterocycles. The van der Waals surface area contributed by atoms with Crippen molar-refractivity contribution in [1.29, 1.82) is 0 Å². The first kappa shape index (κ1) is 16.1. The summed E-state index contributed by atoms with van der Waals surface area (Å²) in [7, 11) is 0. The lowest BCUT2D eigenvalue weighted by Crippen LogP contribution is -2.56. The average molecular weight is 348 g/mol. The van der Waals surface area contributed by atoms with Crippen molar-refractivity contribution in [3.63, 3.8) is 0 Å². The Kier molecular flexibility index (Phi) is 4.12. The fourth-order valence-electron chi connectivity index (χ4n) is 3.82. The molecule has 2 saturated carbocycles. The highest BCUT2D eigenvalue weighted by molar-refractivity contribution is 7.12. The first-order chi connectivity index (χ1) is 11.6. The zero-order chi connectivity index (χ0) is 16.7. The highest BCUT2D eigenvalue weighted by Gasteiger charge is 2.54. The Balaban J connectivity index is 1.62. The number of carbonyl (C=O) groups excluding carboxylic acids is 2. The van der Waals surface area contributed by atoms with Crippen LogP contribution in [0.2, 0.25) is 0 Å². The minimum absolute atomic E-state index is 0.0575. The molecular weight excluding hydrogens is 324 g/mol. The van der Waals surface area contributed by atoms with Gasteiger partial charge in [-0.3, -0.25) is 14.5 Å². The molecule has 24 heavy (non-hydrogen) atoms. The van der Waals surface area contributed by atoms with Crippen LogP contribution in [0.15, 0.2) is 17.5 Å². The van der Waals surface area contributed by atoms with E-state index in [0.717, 1.165) is 38.5 Å². The molecule has 2 aliphatic carbocycles. The van der Waals surface area contributed by atoms with Gasteiger partial charge in [0.2, 0.25) is 5.91 Å². The Labute approximate surface area is 146 Å². The van der Waals surface area contributed by atoms with Crippen LogP contribution in [0, 0.1) is 5.92 Å². The van der Waals surface area contributed by atoms with Gasteiger partial charge in [0.15, 0.2) is 0 Å². The van der Waals surface area contributed by atoms with Gasteiger partial charge in [-0.1, -0.05) is 13.0 Å². The molecule has 1 aromatic rings. The third-order valence-electron chi connectivity index (χ3n) is 5.49. The monoisotopic (exact) mass is 348 g/mol. The summed E-state index contributed by atoms with van der Waals surface area (Å²) in [6.45, 7) is 2.55. The van der Waals surface area contributed by atoms with Gasteiger partial charge in [0.1, 0.15) is 11.8 Å². The predicted octanol–water partition coefficient (Wildman–Crippen LogP) is 2.77. The molecule has 6 heteroatoms. The summed E-state index contributed by atoms with van der Waals surface area (Å²) < 4.78 is 6.15. The van der Waals surface area contributed by atoms with Crippen molar-refractivity contribution >= 4 is 23.2 Å². The zero-order valence-electron chi connectivity index (χ0n) is 14.0. The first-order valence-electron chi connectivity index (χ1n) is 8.90. The van der Waals surface area contributed by atoms with Gasteiger partial charge in [0.05, 0.1) is 11.5 Å². The summed E-state index contributed by atoms with van der Waals surface area (Å²) >= 11 is 1.43. The number of hydrogen-bond donors (Lipinski definition) is 1. The number of hydrogen-bond acceptors (Lipinski definition) is 4. The second-order valence-electron chi connectivity index (χ2n) is 7.39. The van der Waals surface area contributed by atoms with E-state index in [-0.39, 0.29) is 11.8 Å². The maximum Gasteiger partial charge on any atom is 0.266 e. The number of amides is 2. The van der Waals surface area contributed by atoms with Crippen LogP contribution in [0.5, 0.6) is 0 Å². The molecule has 1 spiro atoms. The molecule has 130 valence electrons. The summed E-state index contributed by atoms with van der Waals surface area (Å²) in [6.07, 6.45) is 5.79. The molecule has 0 radical (unpaired) electrons. The van der Waals surface area contributed by atoms with Crippen LogP contribution in [-0.4, -0.2) is 41.1 Å². The fraction of sp³-hybridized carbons (Fsp3) is 0.667. The lowest BCUT2D eigenvalue weighted by Gasteiger charge is -2.42. The topological polar surface area (TPSA) is 58.6 Å². The number of nitrogens with zero attached hydrogens (tertiary/aromatic N) is 1. The van der Waals surface area contributed by atoms with Gasteiger partial charge in [0.25, 0.3) is 5.91 Å². The highest BCUT2D eigenvalue weighted by Crippen LogP contribution is 2.43. The average Bonchev–Trinajstić information content (AvgIpc) is 3.11. The highest BCUT2D eigenvalue weighted by atomic mass is 32.1. The molecule has 0 unspecified atom stereocenters. The quantitative estimate of drug-likeness (QED) is 0.914. The SMILES string of the molecule is CC1CCC2(CC1)OC[C@H](C(=O)NC1CC1)N2C(=O)c1cccs1. The summed E-state index contributed by atoms with van der Waals surface area (Å²) in [5.41, 5.74) is -0.598. The summed E-state index contributed by atoms with van der Waals surface area (Å²) in [5.74, 6) is 0.531. The van der Waals surface area contributed by atoms with Gasteiger partial charge in [-0.05, 0) is 55.9 Å². The number of nitrogens with one attached hydrogen (secondary N) is 1. The number of rotatable bonds is 3. The van der Waals surface area contributed by atoms with E-state index in [2.05, 4.69) is 12.2 Å². The van der Waals surface area contributed by atoms with Crippen LogP contribution < -0.4 is 5.32 Å². The first-order valence-corrected chi connectivity index (χ1v) is 9.78. The van der Waals surface area contributed by atoms with Crippen molar-refractivity contribution in [2.75, 3.05) is 6.61 Å². The van der Waals surface area contributed by atoms with Crippen LogP contribution in [0.3, 0.4) is 0 Å².